The second kappa shape index (κ2) is 23.8. The number of anilines is 2. The van der Waals surface area contributed by atoms with Crippen molar-refractivity contribution in [2.45, 2.75) is 129 Å². The number of rotatable bonds is 18. The zero-order valence-electron chi connectivity index (χ0n) is 49.4. The maximum absolute atomic E-state index is 6.64. The predicted molar refractivity (Wildman–Crippen MR) is 353 cm³/mol. The molecule has 0 saturated carbocycles. The van der Waals surface area contributed by atoms with E-state index in [4.69, 9.17) is 4.74 Å². The molecular weight excluding hydrogens is 1000 g/mol. The van der Waals surface area contributed by atoms with Crippen LogP contribution < -0.4 is 20.2 Å². The van der Waals surface area contributed by atoms with Crippen molar-refractivity contribution < 1.29 is 4.74 Å². The van der Waals surface area contributed by atoms with E-state index in [1.54, 1.807) is 11.1 Å². The largest absolute Gasteiger partial charge is 0.493 e. The monoisotopic (exact) mass is 1090 g/mol. The van der Waals surface area contributed by atoms with Crippen molar-refractivity contribution in [3.63, 3.8) is 0 Å². The van der Waals surface area contributed by atoms with Gasteiger partial charge < -0.3 is 14.2 Å². The number of allylic oxidation sites excluding steroid dienone is 13. The number of hydrogen-bond acceptors (Lipinski definition) is 2. The predicted octanol–water partition coefficient (Wildman–Crippen LogP) is 19.5. The number of aryl methyl sites for hydroxylation is 2. The minimum Gasteiger partial charge on any atom is -0.493 e. The molecule has 6 aliphatic carbocycles. The van der Waals surface area contributed by atoms with E-state index in [0.717, 1.165) is 102 Å². The van der Waals surface area contributed by atoms with Crippen molar-refractivity contribution in [2.24, 2.45) is 17.8 Å². The Morgan fingerprint density at radius 1 is 0.711 bits per heavy atom. The van der Waals surface area contributed by atoms with E-state index in [1.165, 1.54) is 106 Å². The first-order valence-corrected chi connectivity index (χ1v) is 31.4. The summed E-state index contributed by atoms with van der Waals surface area (Å²) in [5, 5.41) is 4.09. The summed E-state index contributed by atoms with van der Waals surface area (Å²) < 4.78 is 9.15. The van der Waals surface area contributed by atoms with Crippen molar-refractivity contribution in [3.05, 3.63) is 268 Å². The van der Waals surface area contributed by atoms with Gasteiger partial charge in [0.1, 0.15) is 5.75 Å². The molecule has 6 aliphatic rings. The summed E-state index contributed by atoms with van der Waals surface area (Å²) in [7, 11) is 0. The zero-order valence-corrected chi connectivity index (χ0v) is 49.4. The van der Waals surface area contributed by atoms with E-state index in [-0.39, 0.29) is 5.41 Å². The zero-order chi connectivity index (χ0) is 56.4. The molecule has 13 rings (SSSR count). The molecule has 6 aromatic carbocycles. The van der Waals surface area contributed by atoms with Gasteiger partial charge in [-0.3, -0.25) is 0 Å². The first kappa shape index (κ1) is 54.4. The van der Waals surface area contributed by atoms with Crippen LogP contribution in [0.3, 0.4) is 0 Å². The average molecular weight is 1090 g/mol. The molecule has 0 spiro atoms. The summed E-state index contributed by atoms with van der Waals surface area (Å²) >= 11 is 0. The number of benzene rings is 6. The lowest BCUT2D eigenvalue weighted by atomic mass is 9.67. The van der Waals surface area contributed by atoms with Gasteiger partial charge in [-0.05, 0) is 237 Å². The Bertz CT molecular complexity index is 3930. The minimum absolute atomic E-state index is 0.234. The quantitative estimate of drug-likeness (QED) is 0.0629. The molecule has 418 valence electrons. The molecule has 0 saturated heterocycles. The van der Waals surface area contributed by atoms with Crippen molar-refractivity contribution in [1.29, 1.82) is 0 Å². The number of para-hydroxylation sites is 2. The first-order chi connectivity index (χ1) is 40.8. The van der Waals surface area contributed by atoms with Gasteiger partial charge in [-0.2, -0.15) is 0 Å². The third kappa shape index (κ3) is 10.6. The van der Waals surface area contributed by atoms with Crippen LogP contribution in [0.2, 0.25) is 0 Å². The van der Waals surface area contributed by atoms with Gasteiger partial charge in [0.15, 0.2) is 0 Å². The lowest BCUT2D eigenvalue weighted by Crippen LogP contribution is -2.33. The van der Waals surface area contributed by atoms with Crippen LogP contribution in [-0.2, 0) is 5.41 Å². The SMILES string of the molecule is C=CC1=CC=C(c2cc(C)c(OCC(C)CCCCC3(c4ccccc4)C4=C(CCC=C4)c4ccc(N(c5ccccc5)C5CC=C(c6ccc7c(c6)c6c(n7-c7ccccc7)=CCC(C7=CCC(C=C)CC7)C=6)CC5)cc43)cc2C)CC1. The van der Waals surface area contributed by atoms with Crippen LogP contribution in [0.15, 0.2) is 218 Å². The molecule has 0 fully saturated rings. The van der Waals surface area contributed by atoms with E-state index in [1.807, 2.05) is 6.08 Å². The summed E-state index contributed by atoms with van der Waals surface area (Å²) in [6.45, 7) is 15.6. The molecule has 5 unspecified atom stereocenters. The van der Waals surface area contributed by atoms with Gasteiger partial charge in [0.25, 0.3) is 0 Å². The van der Waals surface area contributed by atoms with Crippen LogP contribution in [0.1, 0.15) is 142 Å². The van der Waals surface area contributed by atoms with Gasteiger partial charge >= 0.3 is 0 Å². The van der Waals surface area contributed by atoms with Crippen molar-refractivity contribution in [3.8, 4) is 11.4 Å². The Kier molecular flexibility index (Phi) is 15.6. The molecule has 3 nitrogen and oxygen atoms in total. The summed E-state index contributed by atoms with van der Waals surface area (Å²) in [4.78, 5) is 2.69. The second-order valence-electron chi connectivity index (χ2n) is 24.9. The summed E-state index contributed by atoms with van der Waals surface area (Å²) in [6, 6.07) is 53.6. The number of unbranched alkanes of at least 4 members (excludes halogenated alkanes) is 1. The Hall–Kier alpha value is -7.88. The maximum Gasteiger partial charge on any atom is 0.122 e. The van der Waals surface area contributed by atoms with Crippen molar-refractivity contribution in [2.75, 3.05) is 11.5 Å². The molecule has 3 heteroatoms. The number of hydrogen-bond donors (Lipinski definition) is 0. The maximum atomic E-state index is 6.64. The molecule has 0 aliphatic heterocycles. The first-order valence-electron chi connectivity index (χ1n) is 31.4. The molecule has 7 aromatic rings. The molecule has 5 atom stereocenters. The standard InChI is InChI=1S/C80H82N2O/c1-6-58-30-34-60(35-31-58)63-40-46-77-73(51-63)74-52-64(41-47-78(74)82(77)67-26-15-10-16-27-67)61-38-42-68(43-39-61)81(66-24-13-9-14-25-66)69-44-45-71-70-28-17-18-29-75(70)80(76(71)53-69,65-22-11-8-12-23-65)48-20-19-21-55(3)54-83-79-50-56(4)72(49-57(79)5)62-36-32-59(7-2)33-37-62/h6-16,18,22-27,29,32,34,36,38,41,44-47,49-53,55,58,63,68H,1-2,17,19-21,28,30-31,33,35,37,39-40,42-43,48,54H2,3-5H3. The van der Waals surface area contributed by atoms with Gasteiger partial charge in [-0.25, -0.2) is 0 Å². The molecule has 0 N–H and O–H groups in total. The van der Waals surface area contributed by atoms with Gasteiger partial charge in [-0.15, -0.1) is 6.58 Å². The van der Waals surface area contributed by atoms with Crippen LogP contribution in [0, 0.1) is 31.6 Å². The van der Waals surface area contributed by atoms with Gasteiger partial charge in [0.05, 0.1) is 12.1 Å². The second-order valence-corrected chi connectivity index (χ2v) is 24.9. The van der Waals surface area contributed by atoms with Crippen molar-refractivity contribution >= 4 is 51.1 Å². The highest BCUT2D eigenvalue weighted by atomic mass is 16.5. The van der Waals surface area contributed by atoms with Crippen LogP contribution in [0.5, 0.6) is 5.75 Å². The van der Waals surface area contributed by atoms with Crippen molar-refractivity contribution in [1.82, 2.24) is 4.57 Å². The third-order valence-corrected chi connectivity index (χ3v) is 19.7. The van der Waals surface area contributed by atoms with Crippen LogP contribution in [-0.4, -0.2) is 17.2 Å². The summed E-state index contributed by atoms with van der Waals surface area (Å²) in [6.07, 6.45) is 40.2. The smallest absolute Gasteiger partial charge is 0.122 e. The highest BCUT2D eigenvalue weighted by Gasteiger charge is 2.46. The molecule has 0 amide bonds. The number of fused-ring (bicyclic) bond motifs is 5. The summed E-state index contributed by atoms with van der Waals surface area (Å²) in [5.41, 5.74) is 23.2. The topological polar surface area (TPSA) is 17.4 Å². The lowest BCUT2D eigenvalue weighted by Gasteiger charge is -2.38. The van der Waals surface area contributed by atoms with Crippen LogP contribution >= 0.6 is 0 Å². The molecular formula is C80H82N2O. The van der Waals surface area contributed by atoms with E-state index in [2.05, 4.69) is 238 Å². The number of aromatic nitrogens is 1. The minimum atomic E-state index is -0.234. The van der Waals surface area contributed by atoms with E-state index >= 15 is 0 Å². The Morgan fingerprint density at radius 2 is 1.53 bits per heavy atom. The Morgan fingerprint density at radius 3 is 2.28 bits per heavy atom. The van der Waals surface area contributed by atoms with Gasteiger partial charge in [0, 0.05) is 50.4 Å². The fourth-order valence-corrected chi connectivity index (χ4v) is 15.2. The van der Waals surface area contributed by atoms with Crippen LogP contribution in [0.25, 0.3) is 45.5 Å². The normalized spacial score (nSPS) is 21.3. The van der Waals surface area contributed by atoms with E-state index < -0.39 is 0 Å². The highest BCUT2D eigenvalue weighted by Crippen LogP contribution is 2.57. The molecule has 83 heavy (non-hydrogen) atoms. The fourth-order valence-electron chi connectivity index (χ4n) is 15.2. The molecule has 1 heterocycles. The van der Waals surface area contributed by atoms with Crippen LogP contribution in [0.4, 0.5) is 11.4 Å². The highest BCUT2D eigenvalue weighted by molar-refractivity contribution is 5.90. The molecule has 0 radical (unpaired) electrons. The van der Waals surface area contributed by atoms with Gasteiger partial charge in [-0.1, -0.05) is 172 Å². The van der Waals surface area contributed by atoms with Gasteiger partial charge in [0.2, 0.25) is 0 Å². The molecule has 1 aromatic heterocycles. The lowest BCUT2D eigenvalue weighted by molar-refractivity contribution is 0.246. The average Bonchev–Trinajstić information content (AvgIpc) is 2.77. The Balaban J connectivity index is 0.774. The van der Waals surface area contributed by atoms with E-state index in [0.29, 0.717) is 23.8 Å². The fraction of sp³-hybridized carbons (Fsp3) is 0.300. The Labute approximate surface area is 494 Å². The number of nitrogens with zero attached hydrogens (tertiary/aromatic N) is 2. The molecule has 0 bridgehead atoms. The van der Waals surface area contributed by atoms with E-state index in [9.17, 15) is 0 Å². The summed E-state index contributed by atoms with van der Waals surface area (Å²) in [5.74, 6) is 2.51. The number of ether oxygens (including phenoxy) is 1. The third-order valence-electron chi connectivity index (χ3n) is 19.7.